The molecule has 0 N–H and O–H groups in total. The maximum atomic E-state index is 6.96. The van der Waals surface area contributed by atoms with Crippen LogP contribution in [0, 0.1) is 13.5 Å². The van der Waals surface area contributed by atoms with E-state index in [9.17, 15) is 0 Å². The van der Waals surface area contributed by atoms with Crippen LogP contribution >= 0.6 is 0 Å². The van der Waals surface area contributed by atoms with Crippen molar-refractivity contribution in [3.63, 3.8) is 0 Å². The third-order valence-corrected chi connectivity index (χ3v) is 2.36. The summed E-state index contributed by atoms with van der Waals surface area (Å²) in [6.07, 6.45) is 0. The Hall–Kier alpha value is -2.07. The third kappa shape index (κ3) is 2.05. The first-order chi connectivity index (χ1) is 7.29. The number of hydrogen-bond acceptors (Lipinski definition) is 0. The van der Waals surface area contributed by atoms with Crippen molar-refractivity contribution in [1.82, 2.24) is 0 Å². The normalized spacial score (nSPS) is 9.60. The van der Waals surface area contributed by atoms with Crippen molar-refractivity contribution in [3.8, 4) is 11.1 Å². The molecule has 1 heteroatoms. The largest absolute Gasteiger partial charge is 0.238 e. The lowest BCUT2D eigenvalue weighted by molar-refractivity contribution is 1.47. The zero-order valence-corrected chi connectivity index (χ0v) is 8.57. The van der Waals surface area contributed by atoms with Crippen LogP contribution in [0.3, 0.4) is 0 Å². The number of nitrogens with zero attached hydrogens (tertiary/aromatic N) is 1. The van der Waals surface area contributed by atoms with Crippen LogP contribution < -0.4 is 0 Å². The lowest BCUT2D eigenvalue weighted by Gasteiger charge is -2.02. The maximum Gasteiger partial charge on any atom is 0.187 e. The Morgan fingerprint density at radius 1 is 0.933 bits per heavy atom. The van der Waals surface area contributed by atoms with Gasteiger partial charge in [-0.25, -0.2) is 4.85 Å². The molecule has 0 aromatic heterocycles. The topological polar surface area (TPSA) is 4.36 Å². The molecule has 15 heavy (non-hydrogen) atoms. The van der Waals surface area contributed by atoms with Crippen molar-refractivity contribution in [2.75, 3.05) is 0 Å². The summed E-state index contributed by atoms with van der Waals surface area (Å²) < 4.78 is 0. The highest BCUT2D eigenvalue weighted by molar-refractivity contribution is 5.68. The lowest BCUT2D eigenvalue weighted by Crippen LogP contribution is -1.77. The Balaban J connectivity index is 2.46. The molecule has 0 aliphatic rings. The summed E-state index contributed by atoms with van der Waals surface area (Å²) in [4.78, 5) is 3.42. The van der Waals surface area contributed by atoms with Crippen LogP contribution in [0.1, 0.15) is 5.56 Å². The molecule has 2 aromatic carbocycles. The second-order valence-electron chi connectivity index (χ2n) is 3.53. The Bertz CT molecular complexity index is 504. The summed E-state index contributed by atoms with van der Waals surface area (Å²) >= 11 is 0. The van der Waals surface area contributed by atoms with Crippen LogP contribution in [0.2, 0.25) is 0 Å². The highest BCUT2D eigenvalue weighted by Crippen LogP contribution is 2.24. The van der Waals surface area contributed by atoms with Crippen molar-refractivity contribution in [1.29, 1.82) is 0 Å². The molecule has 0 unspecified atom stereocenters. The zero-order chi connectivity index (χ0) is 10.7. The summed E-state index contributed by atoms with van der Waals surface area (Å²) in [5.74, 6) is 0. The van der Waals surface area contributed by atoms with E-state index in [1.54, 1.807) is 0 Å². The molecule has 72 valence electrons. The van der Waals surface area contributed by atoms with Gasteiger partial charge in [0.15, 0.2) is 5.69 Å². The first-order valence-corrected chi connectivity index (χ1v) is 4.84. The quantitative estimate of drug-likeness (QED) is 0.597. The molecule has 0 aliphatic carbocycles. The standard InChI is InChI=1S/C14H11N/c1-11-6-8-12(9-7-11)13-4-3-5-14(10-13)15-2/h3-10H,1H3. The minimum Gasteiger partial charge on any atom is -0.238 e. The summed E-state index contributed by atoms with van der Waals surface area (Å²) in [5.41, 5.74) is 4.20. The van der Waals surface area contributed by atoms with Gasteiger partial charge in [0.1, 0.15) is 0 Å². The smallest absolute Gasteiger partial charge is 0.187 e. The highest BCUT2D eigenvalue weighted by Gasteiger charge is 1.97. The van der Waals surface area contributed by atoms with E-state index in [1.807, 2.05) is 24.3 Å². The van der Waals surface area contributed by atoms with Gasteiger partial charge in [-0.1, -0.05) is 48.0 Å². The van der Waals surface area contributed by atoms with Crippen LogP contribution in [0.25, 0.3) is 16.0 Å². The minimum absolute atomic E-state index is 0.688. The summed E-state index contributed by atoms with van der Waals surface area (Å²) in [6, 6.07) is 16.0. The van der Waals surface area contributed by atoms with Gasteiger partial charge >= 0.3 is 0 Å². The van der Waals surface area contributed by atoms with Crippen LogP contribution in [0.4, 0.5) is 5.69 Å². The molecule has 0 radical (unpaired) electrons. The molecule has 0 spiro atoms. The van der Waals surface area contributed by atoms with Crippen LogP contribution in [-0.2, 0) is 0 Å². The van der Waals surface area contributed by atoms with E-state index in [-0.39, 0.29) is 0 Å². The van der Waals surface area contributed by atoms with Gasteiger partial charge < -0.3 is 0 Å². The van der Waals surface area contributed by atoms with E-state index in [0.717, 1.165) is 11.1 Å². The van der Waals surface area contributed by atoms with E-state index in [4.69, 9.17) is 6.57 Å². The minimum atomic E-state index is 0.688. The number of rotatable bonds is 1. The Labute approximate surface area is 89.8 Å². The first-order valence-electron chi connectivity index (χ1n) is 4.84. The average molecular weight is 193 g/mol. The van der Waals surface area contributed by atoms with Gasteiger partial charge in [0.2, 0.25) is 0 Å². The van der Waals surface area contributed by atoms with Crippen molar-refractivity contribution in [2.24, 2.45) is 0 Å². The fraction of sp³-hybridized carbons (Fsp3) is 0.0714. The van der Waals surface area contributed by atoms with Gasteiger partial charge in [0.25, 0.3) is 0 Å². The molecule has 2 rings (SSSR count). The Morgan fingerprint density at radius 2 is 1.67 bits per heavy atom. The molecule has 0 saturated carbocycles. The zero-order valence-electron chi connectivity index (χ0n) is 8.57. The van der Waals surface area contributed by atoms with Gasteiger partial charge in [0.05, 0.1) is 6.57 Å². The second kappa shape index (κ2) is 3.98. The molecule has 0 saturated heterocycles. The first kappa shape index (κ1) is 9.48. The van der Waals surface area contributed by atoms with E-state index in [1.165, 1.54) is 5.56 Å². The fourth-order valence-electron chi connectivity index (χ4n) is 1.50. The molecular weight excluding hydrogens is 182 g/mol. The van der Waals surface area contributed by atoms with Gasteiger partial charge in [0, 0.05) is 0 Å². The summed E-state index contributed by atoms with van der Waals surface area (Å²) in [7, 11) is 0. The molecule has 0 atom stereocenters. The van der Waals surface area contributed by atoms with Crippen LogP contribution in [-0.4, -0.2) is 0 Å². The van der Waals surface area contributed by atoms with Crippen molar-refractivity contribution >= 4 is 5.69 Å². The predicted octanol–water partition coefficient (Wildman–Crippen LogP) is 4.21. The molecule has 2 aromatic rings. The molecule has 0 fully saturated rings. The molecule has 0 amide bonds. The van der Waals surface area contributed by atoms with Gasteiger partial charge in [-0.2, -0.15) is 0 Å². The van der Waals surface area contributed by atoms with E-state index in [0.29, 0.717) is 5.69 Å². The molecular formula is C14H11N. The summed E-state index contributed by atoms with van der Waals surface area (Å²) in [6.45, 7) is 9.03. The maximum absolute atomic E-state index is 6.96. The molecule has 1 nitrogen and oxygen atoms in total. The number of benzene rings is 2. The predicted molar refractivity (Wildman–Crippen MR) is 62.9 cm³/mol. The van der Waals surface area contributed by atoms with Crippen LogP contribution in [0.15, 0.2) is 48.5 Å². The molecule has 0 bridgehead atoms. The Morgan fingerprint density at radius 3 is 2.33 bits per heavy atom. The van der Waals surface area contributed by atoms with E-state index < -0.39 is 0 Å². The van der Waals surface area contributed by atoms with Crippen LogP contribution in [0.5, 0.6) is 0 Å². The number of hydrogen-bond donors (Lipinski definition) is 0. The third-order valence-electron chi connectivity index (χ3n) is 2.36. The van der Waals surface area contributed by atoms with E-state index in [2.05, 4.69) is 36.0 Å². The van der Waals surface area contributed by atoms with E-state index >= 15 is 0 Å². The Kier molecular flexibility index (Phi) is 2.51. The SMILES string of the molecule is [C-]#[N+]c1cccc(-c2ccc(C)cc2)c1. The molecule has 0 heterocycles. The van der Waals surface area contributed by atoms with Gasteiger partial charge in [-0.15, -0.1) is 0 Å². The highest BCUT2D eigenvalue weighted by atomic mass is 14.6. The average Bonchev–Trinajstić information content (AvgIpc) is 2.30. The second-order valence-corrected chi connectivity index (χ2v) is 3.53. The lowest BCUT2D eigenvalue weighted by atomic mass is 10.0. The van der Waals surface area contributed by atoms with Crippen molar-refractivity contribution < 1.29 is 0 Å². The van der Waals surface area contributed by atoms with Gasteiger partial charge in [-0.3, -0.25) is 0 Å². The van der Waals surface area contributed by atoms with Gasteiger partial charge in [-0.05, 0) is 24.1 Å². The monoisotopic (exact) mass is 193 g/mol. The summed E-state index contributed by atoms with van der Waals surface area (Å²) in [5, 5.41) is 0. The fourth-order valence-corrected chi connectivity index (χ4v) is 1.50. The van der Waals surface area contributed by atoms with Crippen molar-refractivity contribution in [2.45, 2.75) is 6.92 Å². The number of aryl methyl sites for hydroxylation is 1. The van der Waals surface area contributed by atoms with Crippen molar-refractivity contribution in [3.05, 3.63) is 65.5 Å². The molecule has 0 aliphatic heterocycles.